The van der Waals surface area contributed by atoms with Gasteiger partial charge in [0.25, 0.3) is 0 Å². The molecular formula is C27H15Br2ClN2O4. The summed E-state index contributed by atoms with van der Waals surface area (Å²) in [5.41, 5.74) is 2.48. The van der Waals surface area contributed by atoms with Gasteiger partial charge in [-0.15, -0.1) is 0 Å². The molecule has 5 aromatic rings. The Morgan fingerprint density at radius 3 is 2.25 bits per heavy atom. The molecule has 0 aliphatic rings. The van der Waals surface area contributed by atoms with Crippen molar-refractivity contribution in [2.75, 3.05) is 0 Å². The van der Waals surface area contributed by atoms with E-state index in [9.17, 15) is 5.26 Å². The van der Waals surface area contributed by atoms with Gasteiger partial charge in [-0.1, -0.05) is 23.7 Å². The van der Waals surface area contributed by atoms with E-state index in [1.807, 2.05) is 36.4 Å². The van der Waals surface area contributed by atoms with Gasteiger partial charge in [0.15, 0.2) is 11.5 Å². The highest BCUT2D eigenvalue weighted by Gasteiger charge is 2.26. The van der Waals surface area contributed by atoms with Crippen LogP contribution in [0.15, 0.2) is 100 Å². The zero-order valence-electron chi connectivity index (χ0n) is 18.4. The van der Waals surface area contributed by atoms with Crippen molar-refractivity contribution >= 4 is 55.6 Å². The zero-order valence-corrected chi connectivity index (χ0v) is 22.3. The minimum absolute atomic E-state index is 0.144. The lowest BCUT2D eigenvalue weighted by molar-refractivity contribution is 0.302. The first-order valence-electron chi connectivity index (χ1n) is 10.6. The maximum atomic E-state index is 9.90. The zero-order chi connectivity index (χ0) is 25.1. The molecule has 3 heterocycles. The maximum absolute atomic E-state index is 9.90. The number of furan rings is 3. The molecule has 5 rings (SSSR count). The summed E-state index contributed by atoms with van der Waals surface area (Å²) < 4.78 is 24.5. The Bertz CT molecular complexity index is 1540. The van der Waals surface area contributed by atoms with Crippen molar-refractivity contribution in [3.8, 4) is 34.7 Å². The fourth-order valence-corrected chi connectivity index (χ4v) is 5.09. The lowest BCUT2D eigenvalue weighted by Gasteiger charge is -2.11. The number of ether oxygens (including phenoxy) is 1. The summed E-state index contributed by atoms with van der Waals surface area (Å²) in [4.78, 5) is 4.47. The SMILES string of the molecule is N#Cc1c(N=Cc2cc(Br)c(OCc3ccc(Cl)cc3)c(Br)c2)oc(-c2ccco2)c1-c1ccco1. The van der Waals surface area contributed by atoms with E-state index >= 15 is 0 Å². The molecule has 0 fully saturated rings. The number of nitriles is 1. The molecule has 0 unspecified atom stereocenters. The van der Waals surface area contributed by atoms with Gasteiger partial charge in [-0.05, 0) is 91.5 Å². The molecule has 9 heteroatoms. The van der Waals surface area contributed by atoms with Crippen molar-refractivity contribution in [1.29, 1.82) is 5.26 Å². The Balaban J connectivity index is 1.44. The van der Waals surface area contributed by atoms with Crippen molar-refractivity contribution in [3.05, 3.63) is 104 Å². The number of benzene rings is 2. The van der Waals surface area contributed by atoms with E-state index in [0.717, 1.165) is 20.1 Å². The second kappa shape index (κ2) is 10.6. The molecule has 0 bridgehead atoms. The summed E-state index contributed by atoms with van der Waals surface area (Å²) in [5, 5.41) is 10.6. The Morgan fingerprint density at radius 2 is 1.64 bits per heavy atom. The van der Waals surface area contributed by atoms with Gasteiger partial charge in [-0.3, -0.25) is 0 Å². The van der Waals surface area contributed by atoms with Crippen LogP contribution in [0.1, 0.15) is 16.7 Å². The highest BCUT2D eigenvalue weighted by atomic mass is 79.9. The van der Waals surface area contributed by atoms with Gasteiger partial charge in [0.2, 0.25) is 5.88 Å². The van der Waals surface area contributed by atoms with Crippen molar-refractivity contribution in [2.24, 2.45) is 4.99 Å². The monoisotopic (exact) mass is 624 g/mol. The van der Waals surface area contributed by atoms with Crippen LogP contribution in [0.2, 0.25) is 5.02 Å². The summed E-state index contributed by atoms with van der Waals surface area (Å²) in [6.07, 6.45) is 4.67. The van der Waals surface area contributed by atoms with Gasteiger partial charge < -0.3 is 18.0 Å². The highest BCUT2D eigenvalue weighted by molar-refractivity contribution is 9.11. The maximum Gasteiger partial charge on any atom is 0.238 e. The third kappa shape index (κ3) is 5.05. The first-order valence-corrected chi connectivity index (χ1v) is 12.5. The average Bonchev–Trinajstić information content (AvgIpc) is 3.64. The van der Waals surface area contributed by atoms with Crippen molar-refractivity contribution in [2.45, 2.75) is 6.61 Å². The van der Waals surface area contributed by atoms with Gasteiger partial charge in [0, 0.05) is 11.2 Å². The molecule has 0 aliphatic carbocycles. The summed E-state index contributed by atoms with van der Waals surface area (Å²) in [5.74, 6) is 2.11. The van der Waals surface area contributed by atoms with Crippen LogP contribution in [-0.2, 0) is 6.61 Å². The quantitative estimate of drug-likeness (QED) is 0.168. The molecule has 0 aliphatic heterocycles. The molecular weight excluding hydrogens is 612 g/mol. The number of rotatable bonds is 7. The molecule has 36 heavy (non-hydrogen) atoms. The first-order chi connectivity index (χ1) is 17.5. The molecule has 0 atom stereocenters. The van der Waals surface area contributed by atoms with Crippen molar-refractivity contribution in [1.82, 2.24) is 0 Å². The normalized spacial score (nSPS) is 11.2. The number of halogens is 3. The number of nitrogens with zero attached hydrogens (tertiary/aromatic N) is 2. The average molecular weight is 627 g/mol. The highest BCUT2D eigenvalue weighted by Crippen LogP contribution is 2.43. The van der Waals surface area contributed by atoms with E-state index in [1.54, 1.807) is 30.5 Å². The summed E-state index contributed by atoms with van der Waals surface area (Å²) in [6, 6.07) is 20.4. The second-order valence-corrected chi connectivity index (χ2v) is 9.68. The van der Waals surface area contributed by atoms with Crippen LogP contribution in [0.5, 0.6) is 5.75 Å². The van der Waals surface area contributed by atoms with Crippen molar-refractivity contribution in [3.63, 3.8) is 0 Å². The summed E-state index contributed by atoms with van der Waals surface area (Å²) in [6.45, 7) is 0.380. The number of hydrogen-bond donors (Lipinski definition) is 0. The fraction of sp³-hybridized carbons (Fsp3) is 0.0370. The van der Waals surface area contributed by atoms with Crippen LogP contribution in [0.3, 0.4) is 0 Å². The third-order valence-electron chi connectivity index (χ3n) is 5.16. The largest absolute Gasteiger partial charge is 0.487 e. The van der Waals surface area contributed by atoms with Gasteiger partial charge >= 0.3 is 0 Å². The lowest BCUT2D eigenvalue weighted by atomic mass is 10.1. The molecule has 0 saturated carbocycles. The molecule has 6 nitrogen and oxygen atoms in total. The third-order valence-corrected chi connectivity index (χ3v) is 6.59. The predicted octanol–water partition coefficient (Wildman–Crippen LogP) is 9.18. The smallest absolute Gasteiger partial charge is 0.238 e. The summed E-state index contributed by atoms with van der Waals surface area (Å²) in [7, 11) is 0. The lowest BCUT2D eigenvalue weighted by Crippen LogP contribution is -1.97. The minimum Gasteiger partial charge on any atom is -0.487 e. The van der Waals surface area contributed by atoms with E-state index < -0.39 is 0 Å². The van der Waals surface area contributed by atoms with E-state index in [1.165, 1.54) is 12.5 Å². The van der Waals surface area contributed by atoms with Gasteiger partial charge in [0.05, 0.1) is 27.0 Å². The van der Waals surface area contributed by atoms with E-state index in [0.29, 0.717) is 40.2 Å². The van der Waals surface area contributed by atoms with Gasteiger partial charge in [-0.2, -0.15) is 5.26 Å². The molecule has 0 spiro atoms. The van der Waals surface area contributed by atoms with E-state index in [4.69, 9.17) is 29.6 Å². The van der Waals surface area contributed by atoms with Crippen LogP contribution in [-0.4, -0.2) is 6.21 Å². The van der Waals surface area contributed by atoms with Crippen LogP contribution >= 0.6 is 43.5 Å². The van der Waals surface area contributed by atoms with Crippen LogP contribution in [0.4, 0.5) is 5.88 Å². The second-order valence-electron chi connectivity index (χ2n) is 7.54. The van der Waals surface area contributed by atoms with Crippen LogP contribution < -0.4 is 4.74 Å². The Hall–Kier alpha value is -3.51. The van der Waals surface area contributed by atoms with Crippen LogP contribution in [0, 0.1) is 11.3 Å². The molecule has 0 amide bonds. The Morgan fingerprint density at radius 1 is 0.972 bits per heavy atom. The molecule has 0 saturated heterocycles. The number of aliphatic imine (C=N–C) groups is 1. The van der Waals surface area contributed by atoms with Gasteiger partial charge in [-0.25, -0.2) is 4.99 Å². The van der Waals surface area contributed by atoms with Gasteiger partial charge in [0.1, 0.15) is 29.7 Å². The molecule has 2 aromatic carbocycles. The first kappa shape index (κ1) is 24.2. The standard InChI is InChI=1S/C27H15Br2ClN2O4/c28-20-11-17(12-21(29)25(20)35-15-16-5-7-18(30)8-6-16)14-32-27-19(13-31)24(22-3-1-9-33-22)26(36-27)23-4-2-10-34-23/h1-12,14H,15H2. The molecule has 178 valence electrons. The van der Waals surface area contributed by atoms with E-state index in [2.05, 4.69) is 42.9 Å². The molecule has 3 aromatic heterocycles. The predicted molar refractivity (Wildman–Crippen MR) is 144 cm³/mol. The van der Waals surface area contributed by atoms with Crippen LogP contribution in [0.25, 0.3) is 22.8 Å². The number of hydrogen-bond acceptors (Lipinski definition) is 6. The Labute approximate surface area is 228 Å². The molecule has 0 N–H and O–H groups in total. The topological polar surface area (TPSA) is 84.8 Å². The van der Waals surface area contributed by atoms with E-state index in [-0.39, 0.29) is 11.4 Å². The minimum atomic E-state index is 0.144. The summed E-state index contributed by atoms with van der Waals surface area (Å²) >= 11 is 13.1. The fourth-order valence-electron chi connectivity index (χ4n) is 3.51. The van der Waals surface area contributed by atoms with Crippen molar-refractivity contribution < 1.29 is 18.0 Å². The molecule has 0 radical (unpaired) electrons. The Kier molecular flexibility index (Phi) is 7.14.